The van der Waals surface area contributed by atoms with Crippen LogP contribution in [0.15, 0.2) is 22.8 Å². The van der Waals surface area contributed by atoms with Crippen LogP contribution in [0.2, 0.25) is 0 Å². The molecule has 1 aromatic rings. The molecule has 5 atom stereocenters. The lowest BCUT2D eigenvalue weighted by Crippen LogP contribution is -2.50. The first kappa shape index (κ1) is 22.3. The van der Waals surface area contributed by atoms with Gasteiger partial charge in [-0.2, -0.15) is 9.97 Å². The maximum absolute atomic E-state index is 10.7. The van der Waals surface area contributed by atoms with E-state index in [0.29, 0.717) is 41.1 Å². The first-order valence-electron chi connectivity index (χ1n) is 10.5. The highest BCUT2D eigenvalue weighted by molar-refractivity contribution is 5.93. The number of fused-ring (bicyclic) bond motifs is 2. The van der Waals surface area contributed by atoms with E-state index in [-0.39, 0.29) is 25.1 Å². The van der Waals surface area contributed by atoms with E-state index in [9.17, 15) is 5.11 Å². The van der Waals surface area contributed by atoms with Crippen LogP contribution in [-0.4, -0.2) is 50.9 Å². The SMILES string of the molecule is C/C(N)=C/C(N)=Nc1cc(OCCO)nc(NC2C(C)CC3CC2CC(C)(O)C3)n1. The zero-order valence-corrected chi connectivity index (χ0v) is 18.0. The van der Waals surface area contributed by atoms with Crippen molar-refractivity contribution in [3.8, 4) is 5.88 Å². The van der Waals surface area contributed by atoms with Gasteiger partial charge in [0.25, 0.3) is 0 Å². The quantitative estimate of drug-likeness (QED) is 0.331. The molecule has 3 rings (SSSR count). The Kier molecular flexibility index (Phi) is 6.82. The van der Waals surface area contributed by atoms with Gasteiger partial charge in [-0.3, -0.25) is 0 Å². The van der Waals surface area contributed by atoms with E-state index in [1.54, 1.807) is 19.1 Å². The van der Waals surface area contributed by atoms with Gasteiger partial charge in [0.05, 0.1) is 12.2 Å². The van der Waals surface area contributed by atoms with Crippen molar-refractivity contribution in [1.29, 1.82) is 0 Å². The van der Waals surface area contributed by atoms with Crippen molar-refractivity contribution in [3.05, 3.63) is 17.8 Å². The maximum Gasteiger partial charge on any atom is 0.228 e. The number of aliphatic imine (C=N–C) groups is 1. The van der Waals surface area contributed by atoms with Gasteiger partial charge < -0.3 is 31.7 Å². The number of ether oxygens (including phenoxy) is 1. The van der Waals surface area contributed by atoms with Gasteiger partial charge in [0.2, 0.25) is 11.8 Å². The maximum atomic E-state index is 10.7. The first-order chi connectivity index (χ1) is 14.1. The third kappa shape index (κ3) is 5.82. The Morgan fingerprint density at radius 1 is 1.37 bits per heavy atom. The van der Waals surface area contributed by atoms with Crippen LogP contribution in [0.4, 0.5) is 11.8 Å². The molecule has 2 fully saturated rings. The normalized spacial score (nSPS) is 32.0. The topological polar surface area (TPSA) is 152 Å². The van der Waals surface area contributed by atoms with Gasteiger partial charge in [-0.15, -0.1) is 0 Å². The molecule has 2 aliphatic carbocycles. The molecular weight excluding hydrogens is 384 g/mol. The highest BCUT2D eigenvalue weighted by Gasteiger charge is 2.45. The Bertz CT molecular complexity index is 804. The van der Waals surface area contributed by atoms with Crippen LogP contribution < -0.4 is 21.5 Å². The highest BCUT2D eigenvalue weighted by Crippen LogP contribution is 2.47. The second kappa shape index (κ2) is 9.18. The number of aromatic nitrogens is 2. The molecule has 0 spiro atoms. The Morgan fingerprint density at radius 2 is 2.13 bits per heavy atom. The summed E-state index contributed by atoms with van der Waals surface area (Å²) in [7, 11) is 0. The number of nitrogens with one attached hydrogen (secondary N) is 1. The summed E-state index contributed by atoms with van der Waals surface area (Å²) in [4.78, 5) is 13.2. The molecule has 5 unspecified atom stereocenters. The van der Waals surface area contributed by atoms with Crippen LogP contribution in [-0.2, 0) is 0 Å². The van der Waals surface area contributed by atoms with Gasteiger partial charge >= 0.3 is 0 Å². The van der Waals surface area contributed by atoms with Crippen molar-refractivity contribution in [2.24, 2.45) is 34.2 Å². The molecule has 2 bridgehead atoms. The van der Waals surface area contributed by atoms with Gasteiger partial charge in [-0.05, 0) is 63.4 Å². The van der Waals surface area contributed by atoms with Crippen LogP contribution in [0, 0.1) is 17.8 Å². The van der Waals surface area contributed by atoms with Crippen molar-refractivity contribution < 1.29 is 14.9 Å². The lowest BCUT2D eigenvalue weighted by Gasteiger charge is -2.49. The summed E-state index contributed by atoms with van der Waals surface area (Å²) in [6.45, 7) is 5.88. The van der Waals surface area contributed by atoms with E-state index >= 15 is 0 Å². The Labute approximate surface area is 177 Å². The van der Waals surface area contributed by atoms with E-state index < -0.39 is 5.60 Å². The number of hydrogen-bond donors (Lipinski definition) is 5. The van der Waals surface area contributed by atoms with E-state index in [4.69, 9.17) is 21.3 Å². The van der Waals surface area contributed by atoms with Crippen molar-refractivity contribution in [1.82, 2.24) is 9.97 Å². The summed E-state index contributed by atoms with van der Waals surface area (Å²) < 4.78 is 5.50. The molecule has 2 saturated carbocycles. The summed E-state index contributed by atoms with van der Waals surface area (Å²) in [6, 6.07) is 1.71. The molecular formula is C21H34N6O3. The molecule has 0 aliphatic heterocycles. The minimum absolute atomic E-state index is 0.115. The highest BCUT2D eigenvalue weighted by atomic mass is 16.5. The van der Waals surface area contributed by atoms with Crippen LogP contribution in [0.25, 0.3) is 0 Å². The number of aliphatic hydroxyl groups is 2. The summed E-state index contributed by atoms with van der Waals surface area (Å²) in [5.41, 5.74) is 11.5. The number of nitrogens with two attached hydrogens (primary N) is 2. The van der Waals surface area contributed by atoms with E-state index in [2.05, 4.69) is 27.2 Å². The average Bonchev–Trinajstić information content (AvgIpc) is 2.61. The predicted molar refractivity (Wildman–Crippen MR) is 116 cm³/mol. The molecule has 0 saturated heterocycles. The third-order valence-corrected chi connectivity index (χ3v) is 5.84. The molecule has 9 heteroatoms. The second-order valence-electron chi connectivity index (χ2n) is 9.04. The fourth-order valence-electron chi connectivity index (χ4n) is 5.02. The summed E-state index contributed by atoms with van der Waals surface area (Å²) >= 11 is 0. The Morgan fingerprint density at radius 3 is 2.83 bits per heavy atom. The lowest BCUT2D eigenvalue weighted by molar-refractivity contribution is -0.0502. The molecule has 1 aromatic heterocycles. The molecule has 30 heavy (non-hydrogen) atoms. The molecule has 1 heterocycles. The molecule has 9 nitrogen and oxygen atoms in total. The Balaban J connectivity index is 1.86. The summed E-state index contributed by atoms with van der Waals surface area (Å²) in [6.07, 6.45) is 5.33. The van der Waals surface area contributed by atoms with Gasteiger partial charge in [0.1, 0.15) is 12.4 Å². The number of aliphatic hydroxyl groups excluding tert-OH is 1. The monoisotopic (exact) mass is 418 g/mol. The van der Waals surface area contributed by atoms with Gasteiger partial charge in [0, 0.05) is 17.8 Å². The number of nitrogens with zero attached hydrogens (tertiary/aromatic N) is 3. The lowest BCUT2D eigenvalue weighted by atomic mass is 9.61. The van der Waals surface area contributed by atoms with Crippen molar-refractivity contribution in [3.63, 3.8) is 0 Å². The minimum Gasteiger partial charge on any atom is -0.475 e. The van der Waals surface area contributed by atoms with Crippen molar-refractivity contribution in [2.75, 3.05) is 18.5 Å². The predicted octanol–water partition coefficient (Wildman–Crippen LogP) is 1.69. The van der Waals surface area contributed by atoms with E-state index in [1.165, 1.54) is 0 Å². The fraction of sp³-hybridized carbons (Fsp3) is 0.667. The number of rotatable bonds is 7. The summed E-state index contributed by atoms with van der Waals surface area (Å²) in [5, 5.41) is 23.2. The van der Waals surface area contributed by atoms with Gasteiger partial charge in [-0.1, -0.05) is 6.92 Å². The molecule has 0 aromatic carbocycles. The first-order valence-corrected chi connectivity index (χ1v) is 10.5. The second-order valence-corrected chi connectivity index (χ2v) is 9.04. The fourth-order valence-corrected chi connectivity index (χ4v) is 5.02. The van der Waals surface area contributed by atoms with E-state index in [1.807, 2.05) is 6.92 Å². The van der Waals surface area contributed by atoms with Gasteiger partial charge in [-0.25, -0.2) is 4.99 Å². The average molecular weight is 419 g/mol. The molecule has 7 N–H and O–H groups in total. The van der Waals surface area contributed by atoms with Crippen LogP contribution >= 0.6 is 0 Å². The van der Waals surface area contributed by atoms with Crippen LogP contribution in [0.5, 0.6) is 5.88 Å². The van der Waals surface area contributed by atoms with Crippen LogP contribution in [0.1, 0.15) is 46.5 Å². The minimum atomic E-state index is -0.628. The van der Waals surface area contributed by atoms with Crippen molar-refractivity contribution in [2.45, 2.75) is 58.1 Å². The number of amidine groups is 1. The Hall–Kier alpha value is -2.39. The van der Waals surface area contributed by atoms with E-state index in [0.717, 1.165) is 25.7 Å². The molecule has 0 amide bonds. The zero-order valence-electron chi connectivity index (χ0n) is 18.0. The third-order valence-electron chi connectivity index (χ3n) is 5.84. The number of allylic oxidation sites excluding steroid dienone is 1. The molecule has 2 aliphatic rings. The van der Waals surface area contributed by atoms with Crippen molar-refractivity contribution >= 4 is 17.6 Å². The zero-order chi connectivity index (χ0) is 21.9. The van der Waals surface area contributed by atoms with Gasteiger partial charge in [0.15, 0.2) is 5.82 Å². The standard InChI is InChI=1S/C21H34N6O3/c1-12-6-14-8-15(11-21(3,29)10-14)19(12)27-20-25-17(24-16(23)7-13(2)22)9-18(26-20)30-5-4-28/h7,9,12,14-15,19,28-29H,4-6,8,10-11,22H2,1-3H3,(H3,23,24,25,26,27)/b13-7-. The smallest absolute Gasteiger partial charge is 0.228 e. The van der Waals surface area contributed by atoms with Crippen LogP contribution in [0.3, 0.4) is 0 Å². The summed E-state index contributed by atoms with van der Waals surface area (Å²) in [5.74, 6) is 2.59. The molecule has 166 valence electrons. The largest absolute Gasteiger partial charge is 0.475 e. The number of anilines is 1. The molecule has 0 radical (unpaired) electrons. The number of hydrogen-bond acceptors (Lipinski definition) is 8.